The summed E-state index contributed by atoms with van der Waals surface area (Å²) in [4.78, 5) is 32.1. The van der Waals surface area contributed by atoms with Gasteiger partial charge in [-0.15, -0.1) is 11.3 Å². The molecule has 0 radical (unpaired) electrons. The van der Waals surface area contributed by atoms with Crippen molar-refractivity contribution in [3.05, 3.63) is 45.4 Å². The number of aryl methyl sites for hydroxylation is 2. The fourth-order valence-corrected chi connectivity index (χ4v) is 4.26. The summed E-state index contributed by atoms with van der Waals surface area (Å²) in [6.07, 6.45) is 3.09. The highest BCUT2D eigenvalue weighted by atomic mass is 32.1. The number of nitrogens with one attached hydrogen (secondary N) is 1. The van der Waals surface area contributed by atoms with E-state index in [1.54, 1.807) is 13.3 Å². The number of benzene rings is 1. The topological polar surface area (TPSA) is 71.5 Å². The molecular formula is C17H17N3O3S. The summed E-state index contributed by atoms with van der Waals surface area (Å²) in [6, 6.07) is 5.35. The molecular weight excluding hydrogens is 326 g/mol. The second-order valence-electron chi connectivity index (χ2n) is 6.11. The molecule has 24 heavy (non-hydrogen) atoms. The molecule has 1 aromatic carbocycles. The third-order valence-electron chi connectivity index (χ3n) is 4.68. The molecule has 0 bridgehead atoms. The fourth-order valence-electron chi connectivity index (χ4n) is 3.49. The highest BCUT2D eigenvalue weighted by Crippen LogP contribution is 2.43. The maximum absolute atomic E-state index is 13.1. The Labute approximate surface area is 143 Å². The van der Waals surface area contributed by atoms with Gasteiger partial charge in [0.1, 0.15) is 16.3 Å². The van der Waals surface area contributed by atoms with Gasteiger partial charge in [-0.25, -0.2) is 9.78 Å². The van der Waals surface area contributed by atoms with Gasteiger partial charge in [-0.3, -0.25) is 9.69 Å². The smallest absolute Gasteiger partial charge is 0.325 e. The number of methoxy groups -OCH3 is 1. The molecule has 1 aliphatic carbocycles. The summed E-state index contributed by atoms with van der Waals surface area (Å²) in [5.41, 5.74) is 0.960. The molecule has 1 saturated heterocycles. The van der Waals surface area contributed by atoms with E-state index in [9.17, 15) is 9.59 Å². The standard InChI is InChI=1S/C17H17N3O3S/c1-10-8-18-14(24-10)9-20-15(21)17(19-16(20)22)6-5-11-3-4-12(23-2)7-13(11)17/h3-4,7-8H,5-6,9H2,1-2H3,(H,19,22). The Balaban J connectivity index is 1.69. The van der Waals surface area contributed by atoms with Gasteiger partial charge in [0.15, 0.2) is 0 Å². The van der Waals surface area contributed by atoms with E-state index in [0.29, 0.717) is 12.2 Å². The highest BCUT2D eigenvalue weighted by Gasteiger charge is 2.55. The molecule has 2 heterocycles. The van der Waals surface area contributed by atoms with Crippen LogP contribution in [-0.4, -0.2) is 28.9 Å². The Kier molecular flexibility index (Phi) is 3.35. The molecule has 6 nitrogen and oxygen atoms in total. The second kappa shape index (κ2) is 5.31. The molecule has 2 aliphatic rings. The van der Waals surface area contributed by atoms with Crippen molar-refractivity contribution in [2.75, 3.05) is 7.11 Å². The maximum Gasteiger partial charge on any atom is 0.325 e. The largest absolute Gasteiger partial charge is 0.497 e. The molecule has 4 rings (SSSR count). The molecule has 1 spiro atoms. The van der Waals surface area contributed by atoms with E-state index in [1.165, 1.54) is 16.2 Å². The molecule has 7 heteroatoms. The van der Waals surface area contributed by atoms with Gasteiger partial charge in [0.05, 0.1) is 13.7 Å². The molecule has 1 atom stereocenters. The van der Waals surface area contributed by atoms with E-state index >= 15 is 0 Å². The van der Waals surface area contributed by atoms with Crippen LogP contribution in [0.25, 0.3) is 0 Å². The Morgan fingerprint density at radius 2 is 2.25 bits per heavy atom. The van der Waals surface area contributed by atoms with Gasteiger partial charge >= 0.3 is 6.03 Å². The SMILES string of the molecule is COc1ccc2c(c1)C1(CC2)NC(=O)N(Cc2ncc(C)s2)C1=O. The van der Waals surface area contributed by atoms with Crippen LogP contribution < -0.4 is 10.1 Å². The minimum absolute atomic E-state index is 0.202. The molecule has 3 amide bonds. The second-order valence-corrected chi connectivity index (χ2v) is 7.43. The Bertz CT molecular complexity index is 847. The van der Waals surface area contributed by atoms with Gasteiger partial charge in [0.25, 0.3) is 5.91 Å². The third-order valence-corrected chi connectivity index (χ3v) is 5.58. The number of aromatic nitrogens is 1. The summed E-state index contributed by atoms with van der Waals surface area (Å²) >= 11 is 1.50. The normalized spacial score (nSPS) is 22.2. The lowest BCUT2D eigenvalue weighted by atomic mass is 9.91. The number of urea groups is 1. The minimum Gasteiger partial charge on any atom is -0.497 e. The highest BCUT2D eigenvalue weighted by molar-refractivity contribution is 7.11. The Morgan fingerprint density at radius 3 is 2.96 bits per heavy atom. The molecule has 124 valence electrons. The first kappa shape index (κ1) is 15.1. The van der Waals surface area contributed by atoms with Crippen molar-refractivity contribution in [1.82, 2.24) is 15.2 Å². The van der Waals surface area contributed by atoms with Crippen LogP contribution in [0.5, 0.6) is 5.75 Å². The fraction of sp³-hybridized carbons (Fsp3) is 0.353. The summed E-state index contributed by atoms with van der Waals surface area (Å²) in [6.45, 7) is 2.16. The summed E-state index contributed by atoms with van der Waals surface area (Å²) in [7, 11) is 1.59. The van der Waals surface area contributed by atoms with Gasteiger partial charge in [0.2, 0.25) is 0 Å². The van der Waals surface area contributed by atoms with Crippen LogP contribution >= 0.6 is 11.3 Å². The number of fused-ring (bicyclic) bond motifs is 2. The van der Waals surface area contributed by atoms with E-state index in [4.69, 9.17) is 4.74 Å². The first-order chi connectivity index (χ1) is 11.5. The molecule has 1 aromatic heterocycles. The van der Waals surface area contributed by atoms with Crippen LogP contribution in [0, 0.1) is 6.92 Å². The van der Waals surface area contributed by atoms with Crippen molar-refractivity contribution in [2.45, 2.75) is 31.8 Å². The first-order valence-electron chi connectivity index (χ1n) is 7.76. The minimum atomic E-state index is -0.965. The molecule has 2 aromatic rings. The van der Waals surface area contributed by atoms with Crippen molar-refractivity contribution in [3.63, 3.8) is 0 Å². The third kappa shape index (κ3) is 2.11. The zero-order chi connectivity index (χ0) is 16.9. The number of amides is 3. The number of carbonyl (C=O) groups is 2. The number of hydrogen-bond acceptors (Lipinski definition) is 5. The molecule has 1 unspecified atom stereocenters. The quantitative estimate of drug-likeness (QED) is 0.869. The van der Waals surface area contributed by atoms with Crippen molar-refractivity contribution >= 4 is 23.3 Å². The van der Waals surface area contributed by atoms with Crippen molar-refractivity contribution < 1.29 is 14.3 Å². The van der Waals surface area contributed by atoms with Crippen LogP contribution in [0.15, 0.2) is 24.4 Å². The van der Waals surface area contributed by atoms with Gasteiger partial charge in [-0.05, 0) is 43.0 Å². The Morgan fingerprint density at radius 1 is 1.42 bits per heavy atom. The average molecular weight is 343 g/mol. The molecule has 0 saturated carbocycles. The lowest BCUT2D eigenvalue weighted by Gasteiger charge is -2.22. The van der Waals surface area contributed by atoms with Gasteiger partial charge in [0, 0.05) is 11.1 Å². The van der Waals surface area contributed by atoms with Crippen molar-refractivity contribution in [3.8, 4) is 5.75 Å². The van der Waals surface area contributed by atoms with Crippen molar-refractivity contribution in [1.29, 1.82) is 0 Å². The van der Waals surface area contributed by atoms with Crippen LogP contribution in [0.1, 0.15) is 27.4 Å². The zero-order valence-corrected chi connectivity index (χ0v) is 14.3. The van der Waals surface area contributed by atoms with E-state index in [2.05, 4.69) is 10.3 Å². The monoisotopic (exact) mass is 343 g/mol. The number of thiazole rings is 1. The van der Waals surface area contributed by atoms with Crippen LogP contribution in [0.3, 0.4) is 0 Å². The lowest BCUT2D eigenvalue weighted by Crippen LogP contribution is -2.41. The van der Waals surface area contributed by atoms with Crippen molar-refractivity contribution in [2.24, 2.45) is 0 Å². The summed E-state index contributed by atoms with van der Waals surface area (Å²) in [5, 5.41) is 3.68. The van der Waals surface area contributed by atoms with E-state index < -0.39 is 5.54 Å². The van der Waals surface area contributed by atoms with Gasteiger partial charge < -0.3 is 10.1 Å². The van der Waals surface area contributed by atoms with Crippen LogP contribution in [0.4, 0.5) is 4.79 Å². The molecule has 1 fully saturated rings. The van der Waals surface area contributed by atoms with E-state index in [-0.39, 0.29) is 18.5 Å². The van der Waals surface area contributed by atoms with Gasteiger partial charge in [-0.1, -0.05) is 6.07 Å². The van der Waals surface area contributed by atoms with Crippen LogP contribution in [0.2, 0.25) is 0 Å². The molecule has 1 aliphatic heterocycles. The zero-order valence-electron chi connectivity index (χ0n) is 13.5. The van der Waals surface area contributed by atoms with E-state index in [0.717, 1.165) is 27.4 Å². The molecule has 1 N–H and O–H groups in total. The summed E-state index contributed by atoms with van der Waals surface area (Å²) < 4.78 is 5.28. The summed E-state index contributed by atoms with van der Waals surface area (Å²) in [5.74, 6) is 0.485. The number of hydrogen-bond donors (Lipinski definition) is 1. The number of carbonyl (C=O) groups excluding carboxylic acids is 2. The lowest BCUT2D eigenvalue weighted by molar-refractivity contribution is -0.132. The maximum atomic E-state index is 13.1. The van der Waals surface area contributed by atoms with Crippen LogP contribution in [-0.2, 0) is 23.3 Å². The Hall–Kier alpha value is -2.41. The number of rotatable bonds is 3. The number of imide groups is 1. The predicted octanol–water partition coefficient (Wildman–Crippen LogP) is 2.35. The number of nitrogens with zero attached hydrogens (tertiary/aromatic N) is 2. The number of ether oxygens (including phenoxy) is 1. The van der Waals surface area contributed by atoms with E-state index in [1.807, 2.05) is 25.1 Å². The first-order valence-corrected chi connectivity index (χ1v) is 8.58. The van der Waals surface area contributed by atoms with Gasteiger partial charge in [-0.2, -0.15) is 0 Å². The average Bonchev–Trinajstić information content (AvgIpc) is 3.22. The predicted molar refractivity (Wildman–Crippen MR) is 88.9 cm³/mol.